The Kier molecular flexibility index (Phi) is 6.98. The van der Waals surface area contributed by atoms with E-state index in [1.54, 1.807) is 11.6 Å². The number of hydrogen-bond donors (Lipinski definition) is 1. The second kappa shape index (κ2) is 9.36. The van der Waals surface area contributed by atoms with Crippen molar-refractivity contribution in [3.63, 3.8) is 0 Å². The Bertz CT molecular complexity index is 1150. The number of nitrogens with zero attached hydrogens (tertiary/aromatic N) is 3. The Morgan fingerprint density at radius 3 is 2.56 bits per heavy atom. The van der Waals surface area contributed by atoms with Crippen LogP contribution in [0.2, 0.25) is 0 Å². The number of carbonyl (C=O) groups excluding carboxylic acids is 1. The monoisotopic (exact) mass is 457 g/mol. The molecule has 3 aromatic rings. The quantitative estimate of drug-likeness (QED) is 0.602. The summed E-state index contributed by atoms with van der Waals surface area (Å²) in [7, 11) is 1.80. The molecule has 2 aromatic heterocycles. The normalized spacial score (nSPS) is 16.6. The van der Waals surface area contributed by atoms with Crippen LogP contribution in [0.3, 0.4) is 0 Å². The molecule has 1 fully saturated rings. The number of aromatic nitrogens is 3. The first-order chi connectivity index (χ1) is 14.7. The summed E-state index contributed by atoms with van der Waals surface area (Å²) in [5, 5.41) is 3.03. The number of hydrogen-bond acceptors (Lipinski definition) is 3. The lowest BCUT2D eigenvalue weighted by atomic mass is 9.96. The standard InChI is InChI=1S/C24H31N5O2.ClH/c1-24(2,3)16-29-19-12-13-20(26-21(19)27(4)23(29)31)28-14-8-9-17(15-28)22(30)25-18-10-6-5-7-11-18;/h5-7,10-13,17H,8-9,14-16H2,1-4H3,(H,25,30);1H. The molecule has 0 aliphatic carbocycles. The topological polar surface area (TPSA) is 73.4 Å². The van der Waals surface area contributed by atoms with Crippen LogP contribution in [0.4, 0.5) is 11.5 Å². The number of para-hydroxylation sites is 1. The highest BCUT2D eigenvalue weighted by Crippen LogP contribution is 2.24. The molecule has 1 aliphatic heterocycles. The molecule has 0 saturated carbocycles. The largest absolute Gasteiger partial charge is 1.00 e. The summed E-state index contributed by atoms with van der Waals surface area (Å²) >= 11 is 0. The maximum absolute atomic E-state index is 12.8. The molecule has 172 valence electrons. The fourth-order valence-corrected chi connectivity index (χ4v) is 4.30. The third kappa shape index (κ3) is 4.99. The van der Waals surface area contributed by atoms with E-state index in [9.17, 15) is 9.59 Å². The van der Waals surface area contributed by atoms with Crippen molar-refractivity contribution in [2.45, 2.75) is 40.2 Å². The summed E-state index contributed by atoms with van der Waals surface area (Å²) < 4.78 is 3.51. The lowest BCUT2D eigenvalue weighted by molar-refractivity contribution is -0.335. The Balaban J connectivity index is 0.00000289. The maximum atomic E-state index is 12.8. The first kappa shape index (κ1) is 23.9. The molecule has 7 nitrogen and oxygen atoms in total. The summed E-state index contributed by atoms with van der Waals surface area (Å²) in [6, 6.07) is 13.6. The van der Waals surface area contributed by atoms with Crippen LogP contribution in [0.1, 0.15) is 33.6 Å². The summed E-state index contributed by atoms with van der Waals surface area (Å²) in [5.41, 5.74) is 2.53. The third-order valence-electron chi connectivity index (χ3n) is 5.84. The minimum absolute atomic E-state index is 0. The van der Waals surface area contributed by atoms with Crippen molar-refractivity contribution in [1.29, 1.82) is 0 Å². The predicted octanol–water partition coefficient (Wildman–Crippen LogP) is 0.0593. The van der Waals surface area contributed by atoms with Crippen molar-refractivity contribution in [2.24, 2.45) is 18.4 Å². The number of halogens is 1. The number of H-pyrrole nitrogens is 1. The van der Waals surface area contributed by atoms with Gasteiger partial charge in [0.1, 0.15) is 5.52 Å². The average Bonchev–Trinajstić information content (AvgIpc) is 2.98. The lowest BCUT2D eigenvalue weighted by Gasteiger charge is -2.29. The number of pyridine rings is 1. The smallest absolute Gasteiger partial charge is 0.386 e. The van der Waals surface area contributed by atoms with Gasteiger partial charge >= 0.3 is 5.69 Å². The van der Waals surface area contributed by atoms with Crippen LogP contribution in [0.15, 0.2) is 47.3 Å². The van der Waals surface area contributed by atoms with Crippen LogP contribution < -0.4 is 33.3 Å². The molecule has 0 radical (unpaired) electrons. The highest BCUT2D eigenvalue weighted by Gasteiger charge is 2.30. The highest BCUT2D eigenvalue weighted by molar-refractivity contribution is 5.93. The van der Waals surface area contributed by atoms with E-state index in [-0.39, 0.29) is 35.3 Å². The molecule has 4 rings (SSSR count). The van der Waals surface area contributed by atoms with Crippen molar-refractivity contribution in [3.8, 4) is 0 Å². The molecule has 0 bridgehead atoms. The number of anilines is 2. The number of amides is 1. The third-order valence-corrected chi connectivity index (χ3v) is 5.84. The van der Waals surface area contributed by atoms with E-state index in [1.807, 2.05) is 47.0 Å². The van der Waals surface area contributed by atoms with Gasteiger partial charge in [-0.15, -0.1) is 0 Å². The van der Waals surface area contributed by atoms with Gasteiger partial charge < -0.3 is 17.7 Å². The number of carbonyl (C=O) groups is 1. The lowest BCUT2D eigenvalue weighted by Crippen LogP contribution is -3.00. The number of rotatable bonds is 4. The second-order valence-electron chi connectivity index (χ2n) is 9.71. The van der Waals surface area contributed by atoms with Crippen molar-refractivity contribution in [3.05, 3.63) is 52.9 Å². The average molecular weight is 458 g/mol. The van der Waals surface area contributed by atoms with Crippen molar-refractivity contribution in [1.82, 2.24) is 9.13 Å². The molecule has 3 heterocycles. The van der Waals surface area contributed by atoms with Crippen LogP contribution in [0.5, 0.6) is 0 Å². The molecular weight excluding hydrogens is 426 g/mol. The van der Waals surface area contributed by atoms with Gasteiger partial charge in [0.2, 0.25) is 11.7 Å². The van der Waals surface area contributed by atoms with Crippen LogP contribution >= 0.6 is 0 Å². The van der Waals surface area contributed by atoms with Crippen molar-refractivity contribution < 1.29 is 22.2 Å². The molecule has 1 aromatic carbocycles. The van der Waals surface area contributed by atoms with E-state index in [1.165, 1.54) is 0 Å². The Labute approximate surface area is 194 Å². The molecule has 2 N–H and O–H groups in total. The summed E-state index contributed by atoms with van der Waals surface area (Å²) in [6.07, 6.45) is 1.82. The molecular formula is C24H32ClN5O2. The minimum Gasteiger partial charge on any atom is -1.00 e. The molecule has 0 spiro atoms. The van der Waals surface area contributed by atoms with Crippen LogP contribution in [0.25, 0.3) is 11.2 Å². The molecule has 1 unspecified atom stereocenters. The Morgan fingerprint density at radius 2 is 1.88 bits per heavy atom. The maximum Gasteiger partial charge on any atom is 0.386 e. The number of piperidine rings is 1. The van der Waals surface area contributed by atoms with E-state index >= 15 is 0 Å². The Hall–Kier alpha value is -2.80. The molecule has 1 atom stereocenters. The van der Waals surface area contributed by atoms with Crippen molar-refractivity contribution >= 4 is 28.6 Å². The van der Waals surface area contributed by atoms with Gasteiger partial charge in [0.15, 0.2) is 0 Å². The van der Waals surface area contributed by atoms with E-state index in [0.717, 1.165) is 42.1 Å². The summed E-state index contributed by atoms with van der Waals surface area (Å²) in [4.78, 5) is 31.3. The van der Waals surface area contributed by atoms with Gasteiger partial charge in [-0.1, -0.05) is 39.0 Å². The zero-order chi connectivity index (χ0) is 22.2. The second-order valence-corrected chi connectivity index (χ2v) is 9.71. The number of fused-ring (bicyclic) bond motifs is 1. The molecule has 32 heavy (non-hydrogen) atoms. The van der Waals surface area contributed by atoms with Gasteiger partial charge in [-0.2, -0.15) is 0 Å². The number of imidazole rings is 1. The van der Waals surface area contributed by atoms with Crippen molar-refractivity contribution in [2.75, 3.05) is 23.3 Å². The Morgan fingerprint density at radius 1 is 1.16 bits per heavy atom. The first-order valence-corrected chi connectivity index (χ1v) is 11.0. The van der Waals surface area contributed by atoms with Gasteiger partial charge in [0.05, 0.1) is 26.1 Å². The van der Waals surface area contributed by atoms with E-state index in [0.29, 0.717) is 13.1 Å². The van der Waals surface area contributed by atoms with E-state index in [4.69, 9.17) is 0 Å². The minimum atomic E-state index is -0.0765. The van der Waals surface area contributed by atoms with Crippen LogP contribution in [0, 0.1) is 11.3 Å². The van der Waals surface area contributed by atoms with E-state index < -0.39 is 0 Å². The molecule has 1 saturated heterocycles. The SMILES string of the molecule is Cn1c(=O)n(CC(C)(C)C)c2ccc(N3CCCC(C(=O)Nc4ccccc4)C3)[nH+]c21.[Cl-]. The first-order valence-electron chi connectivity index (χ1n) is 11.0. The van der Waals surface area contributed by atoms with E-state index in [2.05, 4.69) is 36.0 Å². The molecule has 1 aliphatic rings. The van der Waals surface area contributed by atoms with Crippen LogP contribution in [-0.2, 0) is 18.4 Å². The summed E-state index contributed by atoms with van der Waals surface area (Å²) in [5.74, 6) is 0.918. The molecule has 1 amide bonds. The number of nitrogens with one attached hydrogen (secondary N) is 2. The zero-order valence-electron chi connectivity index (χ0n) is 19.2. The number of aryl methyl sites for hydroxylation is 1. The fourth-order valence-electron chi connectivity index (χ4n) is 4.30. The predicted molar refractivity (Wildman–Crippen MR) is 123 cm³/mol. The van der Waals surface area contributed by atoms with Crippen LogP contribution in [-0.4, -0.2) is 28.1 Å². The van der Waals surface area contributed by atoms with Gasteiger partial charge in [0.25, 0.3) is 5.65 Å². The van der Waals surface area contributed by atoms with Gasteiger partial charge in [-0.25, -0.2) is 14.3 Å². The van der Waals surface area contributed by atoms with Gasteiger partial charge in [-0.05, 0) is 36.5 Å². The fraction of sp³-hybridized carbons (Fsp3) is 0.458. The number of aromatic amines is 1. The van der Waals surface area contributed by atoms with Gasteiger partial charge in [-0.3, -0.25) is 14.3 Å². The summed E-state index contributed by atoms with van der Waals surface area (Å²) in [6.45, 7) is 8.58. The molecule has 8 heteroatoms. The number of benzene rings is 1. The zero-order valence-corrected chi connectivity index (χ0v) is 19.9. The van der Waals surface area contributed by atoms with Gasteiger partial charge in [0, 0.05) is 18.3 Å². The highest BCUT2D eigenvalue weighted by atomic mass is 35.5.